The molecule has 0 spiro atoms. The van der Waals surface area contributed by atoms with Gasteiger partial charge in [0.15, 0.2) is 11.6 Å². The first kappa shape index (κ1) is 18.8. The van der Waals surface area contributed by atoms with Crippen LogP contribution in [-0.2, 0) is 20.1 Å². The predicted molar refractivity (Wildman–Crippen MR) is 126 cm³/mol. The summed E-state index contributed by atoms with van der Waals surface area (Å²) in [6.45, 7) is 3.83. The fraction of sp³-hybridized carbons (Fsp3) is 0.154. The van der Waals surface area contributed by atoms with Crippen molar-refractivity contribution >= 4 is 11.0 Å². The van der Waals surface area contributed by atoms with Gasteiger partial charge in [0.25, 0.3) is 0 Å². The number of hydrogen-bond donors (Lipinski definition) is 3. The van der Waals surface area contributed by atoms with Gasteiger partial charge in [0.1, 0.15) is 11.4 Å². The van der Waals surface area contributed by atoms with E-state index in [2.05, 4.69) is 70.9 Å². The smallest absolute Gasteiger partial charge is 0.173 e. The molecule has 0 amide bonds. The molecule has 6 nitrogen and oxygen atoms in total. The molecule has 1 aliphatic rings. The molecule has 0 bridgehead atoms. The second-order valence-corrected chi connectivity index (χ2v) is 8.44. The number of imidazole rings is 1. The minimum Gasteiger partial charge on any atom is -0.504 e. The number of rotatable bonds is 3. The number of benzene rings is 3. The maximum absolute atomic E-state index is 11.1. The lowest BCUT2D eigenvalue weighted by Crippen LogP contribution is -1.99. The minimum absolute atomic E-state index is 0.129. The number of aromatic amines is 1. The topological polar surface area (TPSA) is 78.8 Å². The highest BCUT2D eigenvalue weighted by molar-refractivity contribution is 5.84. The van der Waals surface area contributed by atoms with Crippen LogP contribution in [0.15, 0.2) is 60.7 Å². The van der Waals surface area contributed by atoms with Gasteiger partial charge in [0, 0.05) is 25.7 Å². The number of nitrogens with one attached hydrogen (secondary N) is 2. The highest BCUT2D eigenvalue weighted by atomic mass is 16.3. The summed E-state index contributed by atoms with van der Waals surface area (Å²) >= 11 is 0. The third kappa shape index (κ3) is 2.99. The van der Waals surface area contributed by atoms with Gasteiger partial charge in [0.05, 0.1) is 11.0 Å². The molecule has 0 unspecified atom stereocenters. The Morgan fingerprint density at radius 1 is 0.875 bits per heavy atom. The molecule has 0 radical (unpaired) electrons. The van der Waals surface area contributed by atoms with Gasteiger partial charge in [-0.1, -0.05) is 54.1 Å². The molecule has 0 saturated carbocycles. The van der Waals surface area contributed by atoms with E-state index in [0.29, 0.717) is 17.2 Å². The zero-order valence-corrected chi connectivity index (χ0v) is 18.0. The standard InChI is InChI=1S/C26H23N5O/c1-15-3-5-16(6-4-15)17-7-9-18(10-8-17)23-25(32)24(31(2)30-23)26-28-21-11-19-13-27-14-20(19)12-22(21)29-26/h3-12,27,32H,13-14H2,1-2H3,(H,28,29). The Hall–Kier alpha value is -3.90. The van der Waals surface area contributed by atoms with E-state index in [0.717, 1.165) is 40.8 Å². The number of aryl methyl sites for hydroxylation is 2. The van der Waals surface area contributed by atoms with Crippen molar-refractivity contribution in [3.8, 4) is 39.7 Å². The van der Waals surface area contributed by atoms with Crippen molar-refractivity contribution in [2.45, 2.75) is 20.0 Å². The normalized spacial score (nSPS) is 13.1. The number of nitrogens with zero attached hydrogens (tertiary/aromatic N) is 3. The van der Waals surface area contributed by atoms with Gasteiger partial charge < -0.3 is 15.4 Å². The Morgan fingerprint density at radius 3 is 2.22 bits per heavy atom. The average Bonchev–Trinajstić information content (AvgIpc) is 3.49. The fourth-order valence-corrected chi connectivity index (χ4v) is 4.46. The lowest BCUT2D eigenvalue weighted by atomic mass is 10.0. The molecular weight excluding hydrogens is 398 g/mol. The van der Waals surface area contributed by atoms with Crippen molar-refractivity contribution < 1.29 is 5.11 Å². The molecule has 0 fully saturated rings. The molecule has 5 aromatic rings. The van der Waals surface area contributed by atoms with Crippen LogP contribution in [0.5, 0.6) is 5.75 Å². The van der Waals surface area contributed by atoms with Crippen LogP contribution in [0.1, 0.15) is 16.7 Å². The second kappa shape index (κ2) is 7.07. The summed E-state index contributed by atoms with van der Waals surface area (Å²) in [7, 11) is 1.83. The Bertz CT molecular complexity index is 1420. The fourth-order valence-electron chi connectivity index (χ4n) is 4.46. The monoisotopic (exact) mass is 421 g/mol. The largest absolute Gasteiger partial charge is 0.504 e. The number of aromatic nitrogens is 4. The van der Waals surface area contributed by atoms with Gasteiger partial charge in [-0.3, -0.25) is 4.68 Å². The van der Waals surface area contributed by atoms with Crippen LogP contribution in [0.3, 0.4) is 0 Å². The Balaban J connectivity index is 1.37. The molecule has 0 saturated heterocycles. The number of H-pyrrole nitrogens is 1. The van der Waals surface area contributed by atoms with Gasteiger partial charge in [0.2, 0.25) is 0 Å². The lowest BCUT2D eigenvalue weighted by Gasteiger charge is -2.04. The first-order chi connectivity index (χ1) is 15.6. The molecule has 0 aliphatic carbocycles. The maximum atomic E-state index is 11.1. The van der Waals surface area contributed by atoms with E-state index in [1.165, 1.54) is 16.7 Å². The van der Waals surface area contributed by atoms with Crippen molar-refractivity contribution in [3.05, 3.63) is 77.4 Å². The lowest BCUT2D eigenvalue weighted by molar-refractivity contribution is 0.478. The molecule has 1 aliphatic heterocycles. The Kier molecular flexibility index (Phi) is 4.16. The van der Waals surface area contributed by atoms with Crippen molar-refractivity contribution in [2.75, 3.05) is 0 Å². The van der Waals surface area contributed by atoms with Gasteiger partial charge in [-0.25, -0.2) is 4.98 Å². The molecule has 6 heteroatoms. The summed E-state index contributed by atoms with van der Waals surface area (Å²) in [6, 6.07) is 20.8. The molecular formula is C26H23N5O. The zero-order valence-electron chi connectivity index (χ0n) is 18.0. The molecule has 158 valence electrons. The molecule has 32 heavy (non-hydrogen) atoms. The van der Waals surface area contributed by atoms with E-state index in [9.17, 15) is 5.11 Å². The van der Waals surface area contributed by atoms with E-state index < -0.39 is 0 Å². The van der Waals surface area contributed by atoms with Crippen LogP contribution < -0.4 is 5.32 Å². The highest BCUT2D eigenvalue weighted by Crippen LogP contribution is 2.38. The van der Waals surface area contributed by atoms with Crippen molar-refractivity contribution in [1.29, 1.82) is 0 Å². The number of fused-ring (bicyclic) bond motifs is 2. The van der Waals surface area contributed by atoms with Gasteiger partial charge in [-0.15, -0.1) is 0 Å². The SMILES string of the molecule is Cc1ccc(-c2ccc(-c3nn(C)c(-c4nc5cc6c(cc5[nH]4)CNC6)c3O)cc2)cc1. The van der Waals surface area contributed by atoms with Gasteiger partial charge in [-0.2, -0.15) is 5.10 Å². The van der Waals surface area contributed by atoms with Crippen LogP contribution in [0.2, 0.25) is 0 Å². The van der Waals surface area contributed by atoms with Crippen LogP contribution in [-0.4, -0.2) is 24.9 Å². The quantitative estimate of drug-likeness (QED) is 0.387. The summed E-state index contributed by atoms with van der Waals surface area (Å²) in [5.41, 5.74) is 9.95. The van der Waals surface area contributed by atoms with Crippen molar-refractivity contribution in [2.24, 2.45) is 7.05 Å². The predicted octanol–water partition coefficient (Wildman–Crippen LogP) is 4.91. The van der Waals surface area contributed by atoms with Crippen LogP contribution >= 0.6 is 0 Å². The highest BCUT2D eigenvalue weighted by Gasteiger charge is 2.22. The number of hydrogen-bond acceptors (Lipinski definition) is 4. The van der Waals surface area contributed by atoms with Crippen molar-refractivity contribution in [1.82, 2.24) is 25.1 Å². The number of aromatic hydroxyl groups is 1. The van der Waals surface area contributed by atoms with E-state index in [-0.39, 0.29) is 5.75 Å². The average molecular weight is 422 g/mol. The Morgan fingerprint density at radius 2 is 1.50 bits per heavy atom. The molecule has 0 atom stereocenters. The summed E-state index contributed by atoms with van der Waals surface area (Å²) in [6.07, 6.45) is 0. The van der Waals surface area contributed by atoms with E-state index in [1.54, 1.807) is 4.68 Å². The zero-order chi connectivity index (χ0) is 21.8. The van der Waals surface area contributed by atoms with E-state index in [4.69, 9.17) is 4.98 Å². The van der Waals surface area contributed by atoms with E-state index >= 15 is 0 Å². The van der Waals surface area contributed by atoms with E-state index in [1.807, 2.05) is 19.2 Å². The van der Waals surface area contributed by atoms with Gasteiger partial charge >= 0.3 is 0 Å². The van der Waals surface area contributed by atoms with Crippen LogP contribution in [0, 0.1) is 6.92 Å². The second-order valence-electron chi connectivity index (χ2n) is 8.44. The maximum Gasteiger partial charge on any atom is 0.173 e. The summed E-state index contributed by atoms with van der Waals surface area (Å²) in [4.78, 5) is 8.11. The third-order valence-electron chi connectivity index (χ3n) is 6.22. The summed E-state index contributed by atoms with van der Waals surface area (Å²) in [5.74, 6) is 0.746. The first-order valence-corrected chi connectivity index (χ1v) is 10.7. The minimum atomic E-state index is 0.129. The van der Waals surface area contributed by atoms with Gasteiger partial charge in [-0.05, 0) is 41.3 Å². The summed E-state index contributed by atoms with van der Waals surface area (Å²) in [5, 5.41) is 19.0. The van der Waals surface area contributed by atoms with Crippen LogP contribution in [0.4, 0.5) is 0 Å². The summed E-state index contributed by atoms with van der Waals surface area (Å²) < 4.78 is 1.69. The van der Waals surface area contributed by atoms with Crippen LogP contribution in [0.25, 0.3) is 44.9 Å². The third-order valence-corrected chi connectivity index (χ3v) is 6.22. The molecule has 3 heterocycles. The molecule has 3 aromatic carbocycles. The van der Waals surface area contributed by atoms with Crippen molar-refractivity contribution in [3.63, 3.8) is 0 Å². The molecule has 3 N–H and O–H groups in total. The molecule has 2 aromatic heterocycles. The Labute approximate surface area is 185 Å². The first-order valence-electron chi connectivity index (χ1n) is 10.7. The molecule has 6 rings (SSSR count).